The van der Waals surface area contributed by atoms with Gasteiger partial charge < -0.3 is 10.0 Å². The molecule has 1 aliphatic carbocycles. The van der Waals surface area contributed by atoms with Crippen molar-refractivity contribution in [3.05, 3.63) is 29.7 Å². The van der Waals surface area contributed by atoms with Gasteiger partial charge >= 0.3 is 0 Å². The van der Waals surface area contributed by atoms with Gasteiger partial charge in [0, 0.05) is 19.8 Å². The highest BCUT2D eigenvalue weighted by Crippen LogP contribution is 2.30. The highest BCUT2D eigenvalue weighted by atomic mass is 16.3. The van der Waals surface area contributed by atoms with Crippen LogP contribution < -0.4 is 0 Å². The van der Waals surface area contributed by atoms with E-state index in [1.54, 1.807) is 34.7 Å². The van der Waals surface area contributed by atoms with Crippen molar-refractivity contribution in [2.45, 2.75) is 38.2 Å². The van der Waals surface area contributed by atoms with Crippen LogP contribution in [0.25, 0.3) is 5.65 Å². The van der Waals surface area contributed by atoms with Crippen molar-refractivity contribution in [1.29, 1.82) is 0 Å². The molecule has 1 fully saturated rings. The number of carbonyl (C=O) groups is 1. The van der Waals surface area contributed by atoms with Crippen LogP contribution in [0, 0.1) is 6.92 Å². The Morgan fingerprint density at radius 2 is 2.10 bits per heavy atom. The molecule has 0 unspecified atom stereocenters. The summed E-state index contributed by atoms with van der Waals surface area (Å²) in [6.45, 7) is 2.23. The van der Waals surface area contributed by atoms with Crippen molar-refractivity contribution < 1.29 is 9.90 Å². The minimum absolute atomic E-state index is 0.0923. The summed E-state index contributed by atoms with van der Waals surface area (Å²) in [5.74, 6) is 0.655. The number of aliphatic hydroxyl groups is 1. The number of aryl methyl sites for hydroxylation is 1. The molecule has 0 spiro atoms. The molecule has 0 saturated heterocycles. The zero-order valence-electron chi connectivity index (χ0n) is 12.4. The van der Waals surface area contributed by atoms with Gasteiger partial charge in [-0.2, -0.15) is 0 Å². The van der Waals surface area contributed by atoms with Crippen LogP contribution in [-0.2, 0) is 0 Å². The van der Waals surface area contributed by atoms with Crippen molar-refractivity contribution in [2.24, 2.45) is 0 Å². The van der Waals surface area contributed by atoms with Crippen molar-refractivity contribution in [3.63, 3.8) is 0 Å². The topological polar surface area (TPSA) is 70.7 Å². The first-order valence-electron chi connectivity index (χ1n) is 7.28. The van der Waals surface area contributed by atoms with Gasteiger partial charge in [-0.25, -0.2) is 0 Å². The van der Waals surface area contributed by atoms with Crippen LogP contribution >= 0.6 is 0 Å². The summed E-state index contributed by atoms with van der Waals surface area (Å²) < 4.78 is 1.80. The number of nitrogens with zero attached hydrogens (tertiary/aromatic N) is 4. The fourth-order valence-electron chi connectivity index (χ4n) is 3.06. The average molecular weight is 288 g/mol. The molecule has 21 heavy (non-hydrogen) atoms. The van der Waals surface area contributed by atoms with Crippen LogP contribution in [0.4, 0.5) is 0 Å². The number of rotatable bonds is 3. The van der Waals surface area contributed by atoms with Gasteiger partial charge in [-0.15, -0.1) is 10.2 Å². The monoisotopic (exact) mass is 288 g/mol. The van der Waals surface area contributed by atoms with Crippen LogP contribution in [0.15, 0.2) is 18.3 Å². The standard InChI is InChI=1S/C15H20N4O2/c1-11-16-17-13-6-5-12(9-19(11)13)14(20)18(2)10-15(21)7-3-4-8-15/h5-6,9,21H,3-4,7-8,10H2,1-2H3. The summed E-state index contributed by atoms with van der Waals surface area (Å²) in [7, 11) is 1.74. The Morgan fingerprint density at radius 1 is 1.38 bits per heavy atom. The Labute approximate surface area is 123 Å². The van der Waals surface area contributed by atoms with E-state index in [1.807, 2.05) is 6.92 Å². The van der Waals surface area contributed by atoms with Crippen LogP contribution in [-0.4, -0.2) is 49.7 Å². The third kappa shape index (κ3) is 2.63. The molecule has 0 bridgehead atoms. The first-order chi connectivity index (χ1) is 9.98. The average Bonchev–Trinajstić information content (AvgIpc) is 3.05. The Morgan fingerprint density at radius 3 is 2.81 bits per heavy atom. The summed E-state index contributed by atoms with van der Waals surface area (Å²) in [5, 5.41) is 18.4. The van der Waals surface area contributed by atoms with Crippen molar-refractivity contribution in [3.8, 4) is 0 Å². The smallest absolute Gasteiger partial charge is 0.255 e. The van der Waals surface area contributed by atoms with Gasteiger partial charge in [0.2, 0.25) is 0 Å². The van der Waals surface area contributed by atoms with E-state index in [0.29, 0.717) is 12.1 Å². The zero-order chi connectivity index (χ0) is 15.0. The fourth-order valence-corrected chi connectivity index (χ4v) is 3.06. The van der Waals surface area contributed by atoms with E-state index in [-0.39, 0.29) is 5.91 Å². The molecular formula is C15H20N4O2. The van der Waals surface area contributed by atoms with Gasteiger partial charge in [0.05, 0.1) is 11.2 Å². The second-order valence-corrected chi connectivity index (χ2v) is 5.99. The Balaban J connectivity index is 1.80. The fraction of sp³-hybridized carbons (Fsp3) is 0.533. The SMILES string of the molecule is Cc1nnc2ccc(C(=O)N(C)CC3(O)CCCC3)cn12. The van der Waals surface area contributed by atoms with Crippen LogP contribution in [0.3, 0.4) is 0 Å². The molecule has 3 rings (SSSR count). The minimum atomic E-state index is -0.721. The number of likely N-dealkylation sites (N-methyl/N-ethyl adjacent to an activating group) is 1. The van der Waals surface area contributed by atoms with E-state index >= 15 is 0 Å². The highest BCUT2D eigenvalue weighted by Gasteiger charge is 2.33. The van der Waals surface area contributed by atoms with E-state index in [0.717, 1.165) is 37.2 Å². The van der Waals surface area contributed by atoms with E-state index in [2.05, 4.69) is 10.2 Å². The highest BCUT2D eigenvalue weighted by molar-refractivity contribution is 5.94. The maximum Gasteiger partial charge on any atom is 0.255 e. The lowest BCUT2D eigenvalue weighted by molar-refractivity contribution is 0.0156. The third-order valence-electron chi connectivity index (χ3n) is 4.23. The molecule has 0 atom stereocenters. The molecule has 1 N–H and O–H groups in total. The second kappa shape index (κ2) is 5.11. The van der Waals surface area contributed by atoms with Gasteiger partial charge in [-0.1, -0.05) is 12.8 Å². The summed E-state index contributed by atoms with van der Waals surface area (Å²) in [6, 6.07) is 3.53. The van der Waals surface area contributed by atoms with Crippen LogP contribution in [0.5, 0.6) is 0 Å². The second-order valence-electron chi connectivity index (χ2n) is 5.99. The summed E-state index contributed by atoms with van der Waals surface area (Å²) >= 11 is 0. The lowest BCUT2D eigenvalue weighted by Crippen LogP contribution is -2.42. The van der Waals surface area contributed by atoms with Gasteiger partial charge in [-0.05, 0) is 31.9 Å². The lowest BCUT2D eigenvalue weighted by atomic mass is 10.0. The van der Waals surface area contributed by atoms with Gasteiger partial charge in [-0.3, -0.25) is 9.20 Å². The molecule has 0 aliphatic heterocycles. The molecule has 2 aromatic rings. The van der Waals surface area contributed by atoms with Crippen molar-refractivity contribution >= 4 is 11.6 Å². The number of fused-ring (bicyclic) bond motifs is 1. The van der Waals surface area contributed by atoms with E-state index in [9.17, 15) is 9.90 Å². The molecular weight excluding hydrogens is 268 g/mol. The Kier molecular flexibility index (Phi) is 3.41. The van der Waals surface area contributed by atoms with Crippen LogP contribution in [0.2, 0.25) is 0 Å². The maximum atomic E-state index is 12.5. The molecule has 0 radical (unpaired) electrons. The zero-order valence-corrected chi connectivity index (χ0v) is 12.4. The largest absolute Gasteiger partial charge is 0.388 e. The number of aromatic nitrogens is 3. The molecule has 1 aliphatic rings. The number of carbonyl (C=O) groups excluding carboxylic acids is 1. The van der Waals surface area contributed by atoms with E-state index < -0.39 is 5.60 Å². The maximum absolute atomic E-state index is 12.5. The van der Waals surface area contributed by atoms with E-state index in [4.69, 9.17) is 0 Å². The molecule has 6 nitrogen and oxygen atoms in total. The quantitative estimate of drug-likeness (QED) is 0.927. The number of hydrogen-bond acceptors (Lipinski definition) is 4. The summed E-state index contributed by atoms with van der Waals surface area (Å²) in [6.07, 6.45) is 5.36. The predicted molar refractivity (Wildman–Crippen MR) is 78.1 cm³/mol. The minimum Gasteiger partial charge on any atom is -0.388 e. The van der Waals surface area contributed by atoms with Crippen molar-refractivity contribution in [2.75, 3.05) is 13.6 Å². The molecule has 112 valence electrons. The molecule has 0 aromatic carbocycles. The van der Waals surface area contributed by atoms with E-state index in [1.165, 1.54) is 0 Å². The number of amides is 1. The first kappa shape index (κ1) is 14.0. The van der Waals surface area contributed by atoms with Crippen LogP contribution in [0.1, 0.15) is 41.9 Å². The Bertz CT molecular complexity index is 673. The van der Waals surface area contributed by atoms with Gasteiger partial charge in [0.25, 0.3) is 5.91 Å². The predicted octanol–water partition coefficient (Wildman–Crippen LogP) is 1.41. The molecule has 2 aromatic heterocycles. The molecule has 1 amide bonds. The normalized spacial score (nSPS) is 17.3. The number of pyridine rings is 1. The Hall–Kier alpha value is -1.95. The van der Waals surface area contributed by atoms with Gasteiger partial charge in [0.1, 0.15) is 5.82 Å². The first-order valence-corrected chi connectivity index (χ1v) is 7.28. The summed E-state index contributed by atoms with van der Waals surface area (Å²) in [5.41, 5.74) is 0.580. The van der Waals surface area contributed by atoms with Crippen molar-refractivity contribution in [1.82, 2.24) is 19.5 Å². The molecule has 1 saturated carbocycles. The third-order valence-corrected chi connectivity index (χ3v) is 4.23. The lowest BCUT2D eigenvalue weighted by Gasteiger charge is -2.28. The number of hydrogen-bond donors (Lipinski definition) is 1. The van der Waals surface area contributed by atoms with Gasteiger partial charge in [0.15, 0.2) is 5.65 Å². The molecule has 6 heteroatoms. The summed E-state index contributed by atoms with van der Waals surface area (Å²) in [4.78, 5) is 14.1. The molecule has 2 heterocycles.